The Morgan fingerprint density at radius 1 is 0.680 bits per heavy atom. The molecule has 0 unspecified atom stereocenters. The lowest BCUT2D eigenvalue weighted by atomic mass is 9.93. The molecule has 0 saturated carbocycles. The predicted molar refractivity (Wildman–Crippen MR) is 76.6 cm³/mol. The first kappa shape index (κ1) is 18.5. The summed E-state index contributed by atoms with van der Waals surface area (Å²) in [6, 6.07) is 0. The second kappa shape index (κ2) is 6.05. The second-order valence-electron chi connectivity index (χ2n) is 6.47. The normalized spacial score (nSPS) is 46.4. The van der Waals surface area contributed by atoms with Crippen LogP contribution >= 0.6 is 15.6 Å². The molecule has 0 aliphatic carbocycles. The smallest absolute Gasteiger partial charge is 0.286 e. The molecule has 15 heteroatoms. The highest BCUT2D eigenvalue weighted by Crippen LogP contribution is 2.61. The Morgan fingerprint density at radius 2 is 0.960 bits per heavy atom. The molecule has 0 spiro atoms. The van der Waals surface area contributed by atoms with Crippen molar-refractivity contribution < 1.29 is 53.1 Å². The number of rotatable bonds is 6. The molecular weight excluding hydrogens is 406 g/mol. The highest BCUT2D eigenvalue weighted by atomic mass is 32.3. The minimum atomic E-state index is -4.34. The molecule has 0 atom stereocenters. The third-order valence-corrected chi connectivity index (χ3v) is 7.68. The van der Waals surface area contributed by atoms with E-state index in [0.717, 1.165) is 0 Å². The molecule has 6 saturated heterocycles. The molecule has 6 fully saturated rings. The van der Waals surface area contributed by atoms with Crippen molar-refractivity contribution in [1.82, 2.24) is 0 Å². The van der Waals surface area contributed by atoms with E-state index in [1.807, 2.05) is 0 Å². The molecule has 4 bridgehead atoms. The van der Waals surface area contributed by atoms with Gasteiger partial charge in [-0.15, -0.1) is 0 Å². The van der Waals surface area contributed by atoms with Gasteiger partial charge in [0.2, 0.25) is 0 Å². The van der Waals surface area contributed by atoms with Gasteiger partial charge in [0.1, 0.15) is 0 Å². The largest absolute Gasteiger partial charge is 0.474 e. The fraction of sp³-hybridized carbons (Fsp3) is 1.00. The van der Waals surface area contributed by atoms with Crippen molar-refractivity contribution in [1.29, 1.82) is 0 Å². The van der Waals surface area contributed by atoms with Gasteiger partial charge < -0.3 is 0 Å². The van der Waals surface area contributed by atoms with Crippen molar-refractivity contribution in [2.45, 2.75) is 0 Å². The average Bonchev–Trinajstić information content (AvgIpc) is 2.62. The maximum Gasteiger partial charge on any atom is 0.474 e. The summed E-state index contributed by atoms with van der Waals surface area (Å²) in [5, 5.41) is 0. The van der Waals surface area contributed by atoms with Gasteiger partial charge >= 0.3 is 26.0 Å². The Balaban J connectivity index is 1.31. The summed E-state index contributed by atoms with van der Waals surface area (Å²) >= 11 is 0. The third kappa shape index (κ3) is 3.74. The molecule has 0 N–H and O–H groups in total. The van der Waals surface area contributed by atoms with Gasteiger partial charge in [-0.3, -0.25) is 27.1 Å². The molecular formula is C10H16O12P2S. The lowest BCUT2D eigenvalue weighted by Crippen LogP contribution is -2.49. The quantitative estimate of drug-likeness (QED) is 0.553. The average molecular weight is 422 g/mol. The highest BCUT2D eigenvalue weighted by molar-refractivity contribution is 7.81. The van der Waals surface area contributed by atoms with Crippen LogP contribution < -0.4 is 0 Å². The number of fused-ring (bicyclic) bond motifs is 6. The third-order valence-electron chi connectivity index (χ3n) is 4.19. The SMILES string of the molecule is O=P12OCC(COS(=O)(=O)OCC34COP(=O)(OC3)OC4)(CO1)CO2. The summed E-state index contributed by atoms with van der Waals surface area (Å²) < 4.78 is 86.8. The number of phosphoric acid groups is 2. The minimum Gasteiger partial charge on any atom is -0.286 e. The van der Waals surface area contributed by atoms with Gasteiger partial charge in [0, 0.05) is 0 Å². The molecule has 6 rings (SSSR count). The molecule has 0 radical (unpaired) electrons. The lowest BCUT2D eigenvalue weighted by Gasteiger charge is -2.44. The van der Waals surface area contributed by atoms with E-state index in [1.54, 1.807) is 0 Å². The molecule has 12 nitrogen and oxygen atoms in total. The Kier molecular flexibility index (Phi) is 4.46. The molecule has 0 aromatic heterocycles. The fourth-order valence-corrected chi connectivity index (χ4v) is 6.34. The maximum absolute atomic E-state index is 12.0. The van der Waals surface area contributed by atoms with Crippen LogP contribution in [0.4, 0.5) is 0 Å². The first-order valence-corrected chi connectivity index (χ1v) is 11.5. The first-order valence-electron chi connectivity index (χ1n) is 7.27. The van der Waals surface area contributed by atoms with Gasteiger partial charge in [-0.05, 0) is 0 Å². The van der Waals surface area contributed by atoms with Crippen LogP contribution in [0.25, 0.3) is 0 Å². The minimum absolute atomic E-state index is 0.00542. The Hall–Kier alpha value is 0.0900. The molecule has 0 aromatic carbocycles. The van der Waals surface area contributed by atoms with Crippen molar-refractivity contribution >= 4 is 26.0 Å². The summed E-state index contributed by atoms with van der Waals surface area (Å²) in [5.74, 6) is 0. The van der Waals surface area contributed by atoms with Crippen LogP contribution in [0.2, 0.25) is 0 Å². The van der Waals surface area contributed by atoms with E-state index in [2.05, 4.69) is 0 Å². The zero-order valence-electron chi connectivity index (χ0n) is 12.9. The van der Waals surface area contributed by atoms with E-state index in [4.69, 9.17) is 35.5 Å². The van der Waals surface area contributed by atoms with Crippen LogP contribution in [0.15, 0.2) is 0 Å². The van der Waals surface area contributed by atoms with E-state index in [0.29, 0.717) is 0 Å². The Morgan fingerprint density at radius 3 is 1.24 bits per heavy atom. The Bertz CT molecular complexity index is 630. The van der Waals surface area contributed by atoms with E-state index in [9.17, 15) is 17.5 Å². The van der Waals surface area contributed by atoms with Crippen LogP contribution in [-0.4, -0.2) is 61.3 Å². The standard InChI is InChI=1S/C10H16O12P2S/c11-23-15-1-9(2-16-23,3-17-23)7-21-25(13,14)22-8-10-4-18-24(12,19-5-10)20-6-10/h1-8H2. The zero-order valence-corrected chi connectivity index (χ0v) is 15.5. The van der Waals surface area contributed by atoms with Crippen molar-refractivity contribution in [3.8, 4) is 0 Å². The predicted octanol–water partition coefficient (Wildman–Crippen LogP) is 0.607. The molecule has 25 heavy (non-hydrogen) atoms. The molecule has 0 aromatic rings. The first-order chi connectivity index (χ1) is 11.7. The van der Waals surface area contributed by atoms with Gasteiger partial charge in [0.05, 0.1) is 63.7 Å². The fourth-order valence-electron chi connectivity index (χ4n) is 2.45. The Labute approximate surface area is 143 Å². The van der Waals surface area contributed by atoms with Crippen LogP contribution in [0.5, 0.6) is 0 Å². The summed E-state index contributed by atoms with van der Waals surface area (Å²) in [4.78, 5) is 0. The van der Waals surface area contributed by atoms with E-state index < -0.39 is 36.9 Å². The van der Waals surface area contributed by atoms with Crippen molar-refractivity contribution in [3.05, 3.63) is 0 Å². The van der Waals surface area contributed by atoms with Gasteiger partial charge in [-0.25, -0.2) is 17.5 Å². The van der Waals surface area contributed by atoms with Gasteiger partial charge in [0.15, 0.2) is 0 Å². The molecule has 6 heterocycles. The number of phosphoric ester groups is 2. The molecule has 6 aliphatic heterocycles. The topological polar surface area (TPSA) is 142 Å². The highest BCUT2D eigenvalue weighted by Gasteiger charge is 2.53. The summed E-state index contributed by atoms with van der Waals surface area (Å²) in [6.45, 7) is -0.669. The number of hydrogen-bond acceptors (Lipinski definition) is 12. The van der Waals surface area contributed by atoms with Crippen molar-refractivity contribution in [3.63, 3.8) is 0 Å². The van der Waals surface area contributed by atoms with Crippen LogP contribution in [-0.2, 0) is 55.0 Å². The van der Waals surface area contributed by atoms with Crippen LogP contribution in [0.3, 0.4) is 0 Å². The number of hydrogen-bond donors (Lipinski definition) is 0. The van der Waals surface area contributed by atoms with Gasteiger partial charge in [-0.1, -0.05) is 0 Å². The molecule has 6 aliphatic rings. The van der Waals surface area contributed by atoms with Crippen LogP contribution in [0, 0.1) is 10.8 Å². The molecule has 144 valence electrons. The lowest BCUT2D eigenvalue weighted by molar-refractivity contribution is -0.117. The van der Waals surface area contributed by atoms with Gasteiger partial charge in [-0.2, -0.15) is 8.42 Å². The van der Waals surface area contributed by atoms with E-state index >= 15 is 0 Å². The monoisotopic (exact) mass is 422 g/mol. The van der Waals surface area contributed by atoms with E-state index in [-0.39, 0.29) is 52.9 Å². The van der Waals surface area contributed by atoms with E-state index in [1.165, 1.54) is 0 Å². The van der Waals surface area contributed by atoms with Crippen molar-refractivity contribution in [2.75, 3.05) is 52.9 Å². The van der Waals surface area contributed by atoms with Crippen molar-refractivity contribution in [2.24, 2.45) is 10.8 Å². The van der Waals surface area contributed by atoms with Crippen LogP contribution in [0.1, 0.15) is 0 Å². The van der Waals surface area contributed by atoms with Gasteiger partial charge in [0.25, 0.3) is 0 Å². The zero-order chi connectivity index (χ0) is 17.8. The molecule has 0 amide bonds. The second-order valence-corrected chi connectivity index (χ2v) is 11.1. The maximum atomic E-state index is 12.0. The summed E-state index contributed by atoms with van der Waals surface area (Å²) in [5.41, 5.74) is -1.75. The summed E-state index contributed by atoms with van der Waals surface area (Å²) in [6.07, 6.45) is 0. The summed E-state index contributed by atoms with van der Waals surface area (Å²) in [7, 11) is -11.3.